The summed E-state index contributed by atoms with van der Waals surface area (Å²) in [6, 6.07) is 2.53. The van der Waals surface area contributed by atoms with Gasteiger partial charge < -0.3 is 5.32 Å². The first kappa shape index (κ1) is 13.3. The van der Waals surface area contributed by atoms with Gasteiger partial charge in [0, 0.05) is 29.9 Å². The minimum Gasteiger partial charge on any atom is -0.310 e. The summed E-state index contributed by atoms with van der Waals surface area (Å²) in [6.45, 7) is 2.67. The third kappa shape index (κ3) is 3.23. The van der Waals surface area contributed by atoms with Crippen LogP contribution in [0.2, 0.25) is 0 Å². The number of hydrogen-bond acceptors (Lipinski definition) is 3. The smallest absolute Gasteiger partial charge is 0.0215 e. The lowest BCUT2D eigenvalue weighted by Gasteiger charge is -2.43. The minimum atomic E-state index is 0.788. The number of rotatable bonds is 4. The van der Waals surface area contributed by atoms with Crippen molar-refractivity contribution in [1.29, 1.82) is 0 Å². The summed E-state index contributed by atoms with van der Waals surface area (Å²) >= 11 is 2.11. The van der Waals surface area contributed by atoms with Gasteiger partial charge in [0.2, 0.25) is 0 Å². The predicted molar refractivity (Wildman–Crippen MR) is 80.3 cm³/mol. The molecule has 0 amide bonds. The van der Waals surface area contributed by atoms with Crippen LogP contribution in [-0.2, 0) is 0 Å². The first-order valence-corrected chi connectivity index (χ1v) is 9.18. The van der Waals surface area contributed by atoms with Crippen molar-refractivity contribution in [2.24, 2.45) is 0 Å². The molecule has 2 saturated carbocycles. The molecule has 18 heavy (non-hydrogen) atoms. The molecule has 3 rings (SSSR count). The van der Waals surface area contributed by atoms with Gasteiger partial charge in [0.1, 0.15) is 0 Å². The van der Waals surface area contributed by atoms with Crippen molar-refractivity contribution < 1.29 is 0 Å². The average Bonchev–Trinajstić information content (AvgIpc) is 3.23. The molecule has 104 valence electrons. The molecule has 0 aromatic heterocycles. The molecular formula is C15H28N2S. The summed E-state index contributed by atoms with van der Waals surface area (Å²) in [4.78, 5) is 2.82. The summed E-state index contributed by atoms with van der Waals surface area (Å²) in [5, 5.41) is 4.75. The molecule has 1 saturated heterocycles. The van der Waals surface area contributed by atoms with Crippen molar-refractivity contribution >= 4 is 11.8 Å². The highest BCUT2D eigenvalue weighted by Gasteiger charge is 2.34. The Morgan fingerprint density at radius 1 is 0.944 bits per heavy atom. The molecule has 0 spiro atoms. The Hall–Kier alpha value is 0.270. The molecule has 3 fully saturated rings. The number of thioether (sulfide) groups is 1. The Balaban J connectivity index is 1.55. The Bertz CT molecular complexity index is 267. The Morgan fingerprint density at radius 3 is 2.56 bits per heavy atom. The van der Waals surface area contributed by atoms with Crippen molar-refractivity contribution in [2.45, 2.75) is 74.7 Å². The van der Waals surface area contributed by atoms with E-state index in [-0.39, 0.29) is 0 Å². The summed E-state index contributed by atoms with van der Waals surface area (Å²) in [5.41, 5.74) is 0. The highest BCUT2D eigenvalue weighted by atomic mass is 32.2. The Kier molecular flexibility index (Phi) is 4.53. The van der Waals surface area contributed by atoms with Gasteiger partial charge in [-0.2, -0.15) is 11.8 Å². The van der Waals surface area contributed by atoms with Gasteiger partial charge in [-0.15, -0.1) is 0 Å². The van der Waals surface area contributed by atoms with Gasteiger partial charge in [-0.05, 0) is 51.3 Å². The van der Waals surface area contributed by atoms with E-state index in [1.54, 1.807) is 0 Å². The van der Waals surface area contributed by atoms with Gasteiger partial charge in [-0.25, -0.2) is 0 Å². The van der Waals surface area contributed by atoms with Crippen LogP contribution in [0.15, 0.2) is 0 Å². The monoisotopic (exact) mass is 268 g/mol. The van der Waals surface area contributed by atoms with Gasteiger partial charge in [-0.1, -0.05) is 12.8 Å². The van der Waals surface area contributed by atoms with E-state index >= 15 is 0 Å². The van der Waals surface area contributed by atoms with Crippen LogP contribution in [0.4, 0.5) is 0 Å². The molecule has 0 bridgehead atoms. The number of hydrogen-bond donors (Lipinski definition) is 1. The molecule has 2 nitrogen and oxygen atoms in total. The fraction of sp³-hybridized carbons (Fsp3) is 1.00. The maximum atomic E-state index is 3.85. The van der Waals surface area contributed by atoms with E-state index in [0.29, 0.717) is 0 Å². The second kappa shape index (κ2) is 6.15. The molecule has 3 atom stereocenters. The van der Waals surface area contributed by atoms with Gasteiger partial charge in [0.25, 0.3) is 0 Å². The molecule has 0 aromatic rings. The molecule has 3 heteroatoms. The summed E-state index contributed by atoms with van der Waals surface area (Å²) in [7, 11) is 0. The fourth-order valence-electron chi connectivity index (χ4n) is 3.80. The summed E-state index contributed by atoms with van der Waals surface area (Å²) in [5.74, 6) is 0. The van der Waals surface area contributed by atoms with Crippen LogP contribution in [0.3, 0.4) is 0 Å². The number of piperidine rings is 1. The Labute approximate surface area is 116 Å². The maximum absolute atomic E-state index is 3.85. The Morgan fingerprint density at radius 2 is 1.78 bits per heavy atom. The quantitative estimate of drug-likeness (QED) is 0.844. The molecule has 1 heterocycles. The average molecular weight is 268 g/mol. The molecule has 3 unspecified atom stereocenters. The van der Waals surface area contributed by atoms with Crippen LogP contribution < -0.4 is 5.32 Å². The number of nitrogens with zero attached hydrogens (tertiary/aromatic N) is 1. The third-order valence-corrected chi connectivity index (χ3v) is 6.10. The zero-order valence-electron chi connectivity index (χ0n) is 11.7. The largest absolute Gasteiger partial charge is 0.310 e. The molecule has 0 aromatic carbocycles. The summed E-state index contributed by atoms with van der Waals surface area (Å²) in [6.07, 6.45) is 13.8. The van der Waals surface area contributed by atoms with Crippen molar-refractivity contribution in [1.82, 2.24) is 10.2 Å². The van der Waals surface area contributed by atoms with E-state index < -0.39 is 0 Å². The van der Waals surface area contributed by atoms with Crippen LogP contribution >= 0.6 is 11.8 Å². The van der Waals surface area contributed by atoms with E-state index in [2.05, 4.69) is 28.2 Å². The van der Waals surface area contributed by atoms with Crippen LogP contribution in [0.5, 0.6) is 0 Å². The first-order valence-electron chi connectivity index (χ1n) is 7.89. The highest BCUT2D eigenvalue weighted by molar-refractivity contribution is 7.99. The lowest BCUT2D eigenvalue weighted by atomic mass is 9.91. The molecule has 1 N–H and O–H groups in total. The van der Waals surface area contributed by atoms with Gasteiger partial charge in [0.15, 0.2) is 0 Å². The first-order chi connectivity index (χ1) is 8.86. The van der Waals surface area contributed by atoms with Gasteiger partial charge >= 0.3 is 0 Å². The maximum Gasteiger partial charge on any atom is 0.0215 e. The topological polar surface area (TPSA) is 15.3 Å². The van der Waals surface area contributed by atoms with Crippen molar-refractivity contribution in [3.63, 3.8) is 0 Å². The fourth-order valence-corrected chi connectivity index (χ4v) is 4.82. The second-order valence-corrected chi connectivity index (χ2v) is 7.48. The van der Waals surface area contributed by atoms with Crippen LogP contribution in [0.25, 0.3) is 0 Å². The SMILES string of the molecule is CSC1CCCCC1N1CCCC(NC2CC2)C1. The lowest BCUT2D eigenvalue weighted by Crippen LogP contribution is -2.53. The third-order valence-electron chi connectivity index (χ3n) is 4.94. The van der Waals surface area contributed by atoms with Gasteiger partial charge in [-0.3, -0.25) is 4.90 Å². The standard InChI is InChI=1S/C15H28N2S/c1-18-15-7-3-2-6-14(15)17-10-4-5-13(11-17)16-12-8-9-12/h12-16H,2-11H2,1H3. The van der Waals surface area contributed by atoms with E-state index in [0.717, 1.165) is 23.4 Å². The van der Waals surface area contributed by atoms with Crippen molar-refractivity contribution in [3.8, 4) is 0 Å². The van der Waals surface area contributed by atoms with Crippen molar-refractivity contribution in [3.05, 3.63) is 0 Å². The van der Waals surface area contributed by atoms with Gasteiger partial charge in [0.05, 0.1) is 0 Å². The normalized spacial score (nSPS) is 38.8. The zero-order chi connectivity index (χ0) is 12.4. The molecule has 0 radical (unpaired) electrons. The number of nitrogens with one attached hydrogen (secondary N) is 1. The molecule has 1 aliphatic heterocycles. The van der Waals surface area contributed by atoms with Crippen molar-refractivity contribution in [2.75, 3.05) is 19.3 Å². The zero-order valence-corrected chi connectivity index (χ0v) is 12.6. The molecule has 2 aliphatic carbocycles. The lowest BCUT2D eigenvalue weighted by molar-refractivity contribution is 0.114. The minimum absolute atomic E-state index is 0.788. The predicted octanol–water partition coefficient (Wildman–Crippen LogP) is 2.88. The van der Waals surface area contributed by atoms with Crippen LogP contribution in [-0.4, -0.2) is 47.6 Å². The van der Waals surface area contributed by atoms with E-state index in [4.69, 9.17) is 0 Å². The van der Waals surface area contributed by atoms with Crippen LogP contribution in [0.1, 0.15) is 51.4 Å². The van der Waals surface area contributed by atoms with E-state index in [9.17, 15) is 0 Å². The van der Waals surface area contributed by atoms with E-state index in [1.807, 2.05) is 0 Å². The van der Waals surface area contributed by atoms with Crippen LogP contribution in [0, 0.1) is 0 Å². The number of likely N-dealkylation sites (tertiary alicyclic amines) is 1. The highest BCUT2D eigenvalue weighted by Crippen LogP contribution is 2.32. The molecular weight excluding hydrogens is 240 g/mol. The molecule has 3 aliphatic rings. The van der Waals surface area contributed by atoms with E-state index in [1.165, 1.54) is 64.5 Å². The summed E-state index contributed by atoms with van der Waals surface area (Å²) < 4.78 is 0. The second-order valence-electron chi connectivity index (χ2n) is 6.40.